The van der Waals surface area contributed by atoms with Gasteiger partial charge in [-0.15, -0.1) is 0 Å². The molecule has 0 radical (unpaired) electrons. The van der Waals surface area contributed by atoms with Crippen LogP contribution >= 0.6 is 15.9 Å². The summed E-state index contributed by atoms with van der Waals surface area (Å²) in [4.78, 5) is 26.6. The Balaban J connectivity index is 1.64. The topological polar surface area (TPSA) is 75.4 Å². The van der Waals surface area contributed by atoms with Gasteiger partial charge in [-0.3, -0.25) is 9.59 Å². The summed E-state index contributed by atoms with van der Waals surface area (Å²) >= 11 is 3.37. The van der Waals surface area contributed by atoms with Gasteiger partial charge in [0, 0.05) is 23.5 Å². The number of nitrogens with one attached hydrogen (secondary N) is 1. The number of carbonyl (C=O) groups is 2. The van der Waals surface area contributed by atoms with E-state index in [1.807, 2.05) is 29.2 Å². The maximum atomic E-state index is 12.6. The van der Waals surface area contributed by atoms with Crippen LogP contribution in [0.25, 0.3) is 0 Å². The quantitative estimate of drug-likeness (QED) is 0.836. The highest BCUT2D eigenvalue weighted by Crippen LogP contribution is 2.37. The number of nitrogens with two attached hydrogens (primary N) is 1. The largest absolute Gasteiger partial charge is 0.349 e. The second kappa shape index (κ2) is 5.91. The Labute approximate surface area is 144 Å². The number of likely N-dealkylation sites (tertiary alicyclic amines) is 1. The summed E-state index contributed by atoms with van der Waals surface area (Å²) in [5.41, 5.74) is 5.87. The minimum absolute atomic E-state index is 0.131. The number of hydrogen-bond acceptors (Lipinski definition) is 3. The van der Waals surface area contributed by atoms with Gasteiger partial charge >= 0.3 is 0 Å². The third-order valence-electron chi connectivity index (χ3n) is 4.88. The molecule has 0 aromatic heterocycles. The fraction of sp³-hybridized carbons (Fsp3) is 0.529. The van der Waals surface area contributed by atoms with Crippen molar-refractivity contribution in [3.63, 3.8) is 0 Å². The van der Waals surface area contributed by atoms with Crippen LogP contribution in [0, 0.1) is 5.92 Å². The van der Waals surface area contributed by atoms with E-state index in [1.54, 1.807) is 6.92 Å². The van der Waals surface area contributed by atoms with Crippen LogP contribution in [0.5, 0.6) is 0 Å². The van der Waals surface area contributed by atoms with E-state index in [1.165, 1.54) is 0 Å². The molecule has 0 bridgehead atoms. The van der Waals surface area contributed by atoms with Crippen LogP contribution in [0.1, 0.15) is 32.3 Å². The summed E-state index contributed by atoms with van der Waals surface area (Å²) in [7, 11) is 0. The maximum Gasteiger partial charge on any atom is 0.244 e. The monoisotopic (exact) mass is 379 g/mol. The van der Waals surface area contributed by atoms with Gasteiger partial charge in [0.25, 0.3) is 0 Å². The van der Waals surface area contributed by atoms with Crippen molar-refractivity contribution in [1.82, 2.24) is 10.2 Å². The normalized spacial score (nSPS) is 29.3. The summed E-state index contributed by atoms with van der Waals surface area (Å²) < 4.78 is 0.938. The van der Waals surface area contributed by atoms with Gasteiger partial charge in [-0.25, -0.2) is 0 Å². The zero-order valence-electron chi connectivity index (χ0n) is 13.4. The molecule has 1 aromatic carbocycles. The van der Waals surface area contributed by atoms with Crippen molar-refractivity contribution in [3.8, 4) is 0 Å². The van der Waals surface area contributed by atoms with Crippen molar-refractivity contribution >= 4 is 27.7 Å². The molecule has 1 aliphatic carbocycles. The fourth-order valence-electron chi connectivity index (χ4n) is 3.15. The van der Waals surface area contributed by atoms with Crippen LogP contribution in [-0.4, -0.2) is 35.3 Å². The molecule has 2 fully saturated rings. The highest BCUT2D eigenvalue weighted by molar-refractivity contribution is 9.10. The van der Waals surface area contributed by atoms with Crippen molar-refractivity contribution in [2.45, 2.75) is 44.3 Å². The van der Waals surface area contributed by atoms with Crippen LogP contribution in [0.15, 0.2) is 28.7 Å². The Hall–Kier alpha value is -1.40. The van der Waals surface area contributed by atoms with Crippen molar-refractivity contribution in [1.29, 1.82) is 0 Å². The summed E-state index contributed by atoms with van der Waals surface area (Å²) in [6, 6.07) is 7.61. The molecule has 2 aliphatic rings. The predicted octanol–water partition coefficient (Wildman–Crippen LogP) is 1.75. The molecule has 5 nitrogen and oxygen atoms in total. The molecular formula is C17H22BrN3O2. The highest BCUT2D eigenvalue weighted by atomic mass is 79.9. The van der Waals surface area contributed by atoms with Gasteiger partial charge in [0.15, 0.2) is 0 Å². The smallest absolute Gasteiger partial charge is 0.244 e. The molecule has 1 aliphatic heterocycles. The lowest BCUT2D eigenvalue weighted by atomic mass is 9.92. The molecule has 6 heteroatoms. The Morgan fingerprint density at radius 1 is 1.39 bits per heavy atom. The summed E-state index contributed by atoms with van der Waals surface area (Å²) in [5.74, 6) is 0.464. The lowest BCUT2D eigenvalue weighted by molar-refractivity contribution is -0.128. The molecule has 3 N–H and O–H groups in total. The summed E-state index contributed by atoms with van der Waals surface area (Å²) in [6.45, 7) is 4.44. The van der Waals surface area contributed by atoms with E-state index in [-0.39, 0.29) is 17.9 Å². The zero-order chi connectivity index (χ0) is 16.8. The summed E-state index contributed by atoms with van der Waals surface area (Å²) in [6.07, 6.45) is 1.44. The van der Waals surface area contributed by atoms with E-state index in [9.17, 15) is 9.59 Å². The molecule has 4 atom stereocenters. The lowest BCUT2D eigenvalue weighted by Crippen LogP contribution is -2.52. The van der Waals surface area contributed by atoms with Crippen molar-refractivity contribution in [3.05, 3.63) is 34.3 Å². The number of nitrogens with zero attached hydrogens (tertiary/aromatic N) is 1. The molecule has 1 aromatic rings. The molecule has 4 unspecified atom stereocenters. The second-order valence-electron chi connectivity index (χ2n) is 6.91. The first kappa shape index (κ1) is 16.5. The number of benzene rings is 1. The second-order valence-corrected chi connectivity index (χ2v) is 7.83. The molecule has 23 heavy (non-hydrogen) atoms. The molecule has 2 amide bonds. The lowest BCUT2D eigenvalue weighted by Gasteiger charge is -2.26. The van der Waals surface area contributed by atoms with E-state index in [4.69, 9.17) is 5.73 Å². The first-order valence-corrected chi connectivity index (χ1v) is 8.73. The van der Waals surface area contributed by atoms with Gasteiger partial charge < -0.3 is 16.0 Å². The molecule has 124 valence electrons. The average molecular weight is 380 g/mol. The van der Waals surface area contributed by atoms with Gasteiger partial charge in [-0.05, 0) is 37.0 Å². The number of hydrogen-bond donors (Lipinski definition) is 2. The zero-order valence-corrected chi connectivity index (χ0v) is 15.0. The fourth-order valence-corrected chi connectivity index (χ4v) is 3.41. The Morgan fingerprint density at radius 2 is 2.00 bits per heavy atom. The minimum Gasteiger partial charge on any atom is -0.349 e. The van der Waals surface area contributed by atoms with E-state index in [0.29, 0.717) is 24.9 Å². The van der Waals surface area contributed by atoms with Crippen molar-refractivity contribution < 1.29 is 9.59 Å². The molecule has 1 heterocycles. The van der Waals surface area contributed by atoms with Crippen molar-refractivity contribution in [2.24, 2.45) is 11.7 Å². The van der Waals surface area contributed by atoms with Crippen LogP contribution in [0.3, 0.4) is 0 Å². The molecule has 0 spiro atoms. The van der Waals surface area contributed by atoms with E-state index < -0.39 is 5.54 Å². The van der Waals surface area contributed by atoms with E-state index in [0.717, 1.165) is 16.5 Å². The van der Waals surface area contributed by atoms with E-state index in [2.05, 4.69) is 28.2 Å². The first-order valence-electron chi connectivity index (χ1n) is 7.94. The third-order valence-corrected chi connectivity index (χ3v) is 5.41. The first-order chi connectivity index (χ1) is 10.8. The standard InChI is InChI=1S/C17H22BrN3O2/c1-10-7-14(10)21-9-13(8-15(21)22)20-16(23)17(2,19)11-3-5-12(18)6-4-11/h3-6,10,13-14H,7-9,19H2,1-2H3,(H,20,23). The van der Waals surface area contributed by atoms with Crippen LogP contribution in [0.4, 0.5) is 0 Å². The number of amides is 2. The molecule has 3 rings (SSSR count). The van der Waals surface area contributed by atoms with Gasteiger partial charge in [0.05, 0.1) is 6.04 Å². The van der Waals surface area contributed by atoms with Crippen LogP contribution < -0.4 is 11.1 Å². The Morgan fingerprint density at radius 3 is 2.57 bits per heavy atom. The average Bonchev–Trinajstić information content (AvgIpc) is 3.09. The van der Waals surface area contributed by atoms with Gasteiger partial charge in [0.2, 0.25) is 11.8 Å². The van der Waals surface area contributed by atoms with Crippen molar-refractivity contribution in [2.75, 3.05) is 6.54 Å². The number of rotatable bonds is 4. The predicted molar refractivity (Wildman–Crippen MR) is 91.5 cm³/mol. The Kier molecular flexibility index (Phi) is 4.23. The highest BCUT2D eigenvalue weighted by Gasteiger charge is 2.45. The maximum absolute atomic E-state index is 12.6. The Bertz CT molecular complexity index is 629. The SMILES string of the molecule is CC1CC1N1CC(NC(=O)C(C)(N)c2ccc(Br)cc2)CC1=O. The number of carbonyl (C=O) groups excluding carboxylic acids is 2. The van der Waals surface area contributed by atoms with Gasteiger partial charge in [-0.2, -0.15) is 0 Å². The molecule has 1 saturated heterocycles. The van der Waals surface area contributed by atoms with Gasteiger partial charge in [0.1, 0.15) is 5.54 Å². The summed E-state index contributed by atoms with van der Waals surface area (Å²) in [5, 5.41) is 2.95. The van der Waals surface area contributed by atoms with Gasteiger partial charge in [-0.1, -0.05) is 35.0 Å². The molecule has 1 saturated carbocycles. The number of halogens is 1. The van der Waals surface area contributed by atoms with E-state index >= 15 is 0 Å². The molecular weight excluding hydrogens is 358 g/mol. The third kappa shape index (κ3) is 3.28. The minimum atomic E-state index is -1.12. The van der Waals surface area contributed by atoms with Crippen LogP contribution in [0.2, 0.25) is 0 Å². The van der Waals surface area contributed by atoms with Crippen LogP contribution in [-0.2, 0) is 15.1 Å².